The van der Waals surface area contributed by atoms with E-state index in [4.69, 9.17) is 4.74 Å². The molecule has 1 aromatic heterocycles. The molecule has 0 saturated heterocycles. The zero-order valence-corrected chi connectivity index (χ0v) is 15.5. The van der Waals surface area contributed by atoms with E-state index in [9.17, 15) is 4.79 Å². The van der Waals surface area contributed by atoms with Crippen molar-refractivity contribution in [3.8, 4) is 5.75 Å². The van der Waals surface area contributed by atoms with Crippen LogP contribution in [0.25, 0.3) is 0 Å². The van der Waals surface area contributed by atoms with Crippen molar-refractivity contribution in [1.29, 1.82) is 0 Å². The molecule has 0 radical (unpaired) electrons. The number of rotatable bonds is 4. The van der Waals surface area contributed by atoms with Crippen molar-refractivity contribution >= 4 is 11.7 Å². The van der Waals surface area contributed by atoms with E-state index < -0.39 is 0 Å². The zero-order chi connectivity index (χ0) is 18.0. The van der Waals surface area contributed by atoms with Crippen LogP contribution in [0.4, 0.5) is 10.5 Å². The van der Waals surface area contributed by atoms with Gasteiger partial charge in [-0.25, -0.2) is 4.79 Å². The van der Waals surface area contributed by atoms with Crippen molar-refractivity contribution in [2.24, 2.45) is 0 Å². The van der Waals surface area contributed by atoms with Crippen LogP contribution in [-0.2, 0) is 6.54 Å². The number of aryl methyl sites for hydroxylation is 2. The van der Waals surface area contributed by atoms with Gasteiger partial charge >= 0.3 is 6.03 Å². The molecule has 1 N–H and O–H groups in total. The molecule has 3 rings (SSSR count). The summed E-state index contributed by atoms with van der Waals surface area (Å²) in [6.45, 7) is 7.85. The average molecular weight is 341 g/mol. The van der Waals surface area contributed by atoms with Gasteiger partial charge in [0.1, 0.15) is 5.75 Å². The Bertz CT molecular complexity index is 766. The molecule has 5 nitrogen and oxygen atoms in total. The summed E-state index contributed by atoms with van der Waals surface area (Å²) in [5.41, 5.74) is 4.30. The molecule has 0 unspecified atom stereocenters. The molecule has 0 bridgehead atoms. The lowest BCUT2D eigenvalue weighted by molar-refractivity contribution is 0.162. The number of carbonyl (C=O) groups excluding carboxylic acids is 1. The third-order valence-electron chi connectivity index (χ3n) is 4.93. The third kappa shape index (κ3) is 3.36. The highest BCUT2D eigenvalue weighted by molar-refractivity contribution is 5.91. The van der Waals surface area contributed by atoms with Crippen LogP contribution >= 0.6 is 0 Å². The van der Waals surface area contributed by atoms with Crippen LogP contribution in [0.3, 0.4) is 0 Å². The molecule has 2 aromatic rings. The number of amides is 2. The Morgan fingerprint density at radius 3 is 2.76 bits per heavy atom. The maximum absolute atomic E-state index is 13.0. The number of ether oxygens (including phenoxy) is 1. The molecule has 0 aliphatic carbocycles. The first-order valence-electron chi connectivity index (χ1n) is 8.93. The number of hydrogen-bond acceptors (Lipinski definition) is 2. The molecule has 134 valence electrons. The molecule has 1 aromatic carbocycles. The number of carbonyl (C=O) groups is 1. The van der Waals surface area contributed by atoms with E-state index in [1.807, 2.05) is 30.0 Å². The van der Waals surface area contributed by atoms with Crippen LogP contribution < -0.4 is 10.1 Å². The van der Waals surface area contributed by atoms with E-state index in [-0.39, 0.29) is 12.1 Å². The van der Waals surface area contributed by atoms with E-state index >= 15 is 0 Å². The molecule has 1 aliphatic rings. The maximum Gasteiger partial charge on any atom is 0.322 e. The Morgan fingerprint density at radius 1 is 1.24 bits per heavy atom. The summed E-state index contributed by atoms with van der Waals surface area (Å²) in [6.07, 6.45) is 1.99. The second-order valence-corrected chi connectivity index (χ2v) is 6.68. The summed E-state index contributed by atoms with van der Waals surface area (Å²) in [7, 11) is 1.62. The van der Waals surface area contributed by atoms with Crippen LogP contribution in [0.5, 0.6) is 5.75 Å². The monoisotopic (exact) mass is 341 g/mol. The molecule has 25 heavy (non-hydrogen) atoms. The Kier molecular flexibility index (Phi) is 5.02. The highest BCUT2D eigenvalue weighted by Crippen LogP contribution is 2.33. The van der Waals surface area contributed by atoms with Gasteiger partial charge in [-0.3, -0.25) is 0 Å². The topological polar surface area (TPSA) is 46.5 Å². The molecular weight excluding hydrogens is 314 g/mol. The minimum absolute atomic E-state index is 0.0625. The minimum atomic E-state index is -0.0625. The van der Waals surface area contributed by atoms with Crippen molar-refractivity contribution in [3.05, 3.63) is 47.3 Å². The van der Waals surface area contributed by atoms with Crippen molar-refractivity contribution in [3.63, 3.8) is 0 Å². The van der Waals surface area contributed by atoms with Gasteiger partial charge in [0.05, 0.1) is 18.8 Å². The van der Waals surface area contributed by atoms with Crippen LogP contribution in [0.15, 0.2) is 30.3 Å². The molecule has 0 spiro atoms. The first-order valence-corrected chi connectivity index (χ1v) is 8.93. The number of nitrogens with zero attached hydrogens (tertiary/aromatic N) is 2. The fourth-order valence-corrected chi connectivity index (χ4v) is 3.64. The first kappa shape index (κ1) is 17.4. The van der Waals surface area contributed by atoms with Gasteiger partial charge in [-0.05, 0) is 50.1 Å². The van der Waals surface area contributed by atoms with E-state index in [2.05, 4.69) is 35.9 Å². The predicted molar refractivity (Wildman–Crippen MR) is 100 cm³/mol. The SMILES string of the molecule is CCC[C@H]1c2ccc(C)n2CCN1C(=O)Nc1cc(C)ccc1OC. The molecule has 0 saturated carbocycles. The van der Waals surface area contributed by atoms with Gasteiger partial charge in [0, 0.05) is 24.5 Å². The molecular formula is C20H27N3O2. The summed E-state index contributed by atoms with van der Waals surface area (Å²) in [6, 6.07) is 10.2. The largest absolute Gasteiger partial charge is 0.495 e. The number of anilines is 1. The maximum atomic E-state index is 13.0. The molecule has 5 heteroatoms. The van der Waals surface area contributed by atoms with Crippen LogP contribution in [0, 0.1) is 13.8 Å². The normalized spacial score (nSPS) is 16.5. The van der Waals surface area contributed by atoms with E-state index in [0.717, 1.165) is 30.6 Å². The quantitative estimate of drug-likeness (QED) is 0.890. The number of benzene rings is 1. The van der Waals surface area contributed by atoms with E-state index in [1.165, 1.54) is 11.4 Å². The Hall–Kier alpha value is -2.43. The number of fused-ring (bicyclic) bond motifs is 1. The van der Waals surface area contributed by atoms with Crippen molar-refractivity contribution in [2.45, 2.75) is 46.2 Å². The number of urea groups is 1. The van der Waals surface area contributed by atoms with Gasteiger partial charge in [0.2, 0.25) is 0 Å². The van der Waals surface area contributed by atoms with Crippen molar-refractivity contribution in [2.75, 3.05) is 19.0 Å². The summed E-state index contributed by atoms with van der Waals surface area (Å²) < 4.78 is 7.72. The fourth-order valence-electron chi connectivity index (χ4n) is 3.64. The van der Waals surface area contributed by atoms with Gasteiger partial charge < -0.3 is 19.5 Å². The molecule has 0 fully saturated rings. The highest BCUT2D eigenvalue weighted by atomic mass is 16.5. The van der Waals surface area contributed by atoms with Gasteiger partial charge in [-0.2, -0.15) is 0 Å². The zero-order valence-electron chi connectivity index (χ0n) is 15.5. The van der Waals surface area contributed by atoms with E-state index in [1.54, 1.807) is 7.11 Å². The summed E-state index contributed by atoms with van der Waals surface area (Å²) in [5.74, 6) is 0.683. The second kappa shape index (κ2) is 7.21. The summed E-state index contributed by atoms with van der Waals surface area (Å²) in [4.78, 5) is 15.0. The highest BCUT2D eigenvalue weighted by Gasteiger charge is 2.31. The smallest absolute Gasteiger partial charge is 0.322 e. The Balaban J connectivity index is 1.85. The third-order valence-corrected chi connectivity index (χ3v) is 4.93. The lowest BCUT2D eigenvalue weighted by Gasteiger charge is -2.37. The minimum Gasteiger partial charge on any atom is -0.495 e. The van der Waals surface area contributed by atoms with Crippen molar-refractivity contribution < 1.29 is 9.53 Å². The number of hydrogen-bond donors (Lipinski definition) is 1. The van der Waals surface area contributed by atoms with Gasteiger partial charge in [-0.15, -0.1) is 0 Å². The standard InChI is InChI=1S/C20H27N3O2/c1-5-6-17-18-9-8-15(3)22(18)11-12-23(17)20(24)21-16-13-14(2)7-10-19(16)25-4/h7-10,13,17H,5-6,11-12H2,1-4H3,(H,21,24)/t17-/m0/s1. The van der Waals surface area contributed by atoms with Crippen LogP contribution in [0.2, 0.25) is 0 Å². The van der Waals surface area contributed by atoms with Crippen molar-refractivity contribution in [1.82, 2.24) is 9.47 Å². The van der Waals surface area contributed by atoms with Gasteiger partial charge in [-0.1, -0.05) is 19.4 Å². The fraction of sp³-hybridized carbons (Fsp3) is 0.450. The predicted octanol–water partition coefficient (Wildman–Crippen LogP) is 4.50. The molecule has 1 atom stereocenters. The average Bonchev–Trinajstić information content (AvgIpc) is 2.97. The number of aromatic nitrogens is 1. The van der Waals surface area contributed by atoms with Gasteiger partial charge in [0.25, 0.3) is 0 Å². The Morgan fingerprint density at radius 2 is 2.04 bits per heavy atom. The lowest BCUT2D eigenvalue weighted by Crippen LogP contribution is -2.44. The summed E-state index contributed by atoms with van der Waals surface area (Å²) >= 11 is 0. The molecule has 2 amide bonds. The van der Waals surface area contributed by atoms with Gasteiger partial charge in [0.15, 0.2) is 0 Å². The number of nitrogens with one attached hydrogen (secondary N) is 1. The molecule has 2 heterocycles. The lowest BCUT2D eigenvalue weighted by atomic mass is 10.0. The van der Waals surface area contributed by atoms with Crippen LogP contribution in [0.1, 0.15) is 42.8 Å². The van der Waals surface area contributed by atoms with Crippen LogP contribution in [-0.4, -0.2) is 29.2 Å². The molecule has 1 aliphatic heterocycles. The second-order valence-electron chi connectivity index (χ2n) is 6.68. The first-order chi connectivity index (χ1) is 12.0. The van der Waals surface area contributed by atoms with E-state index in [0.29, 0.717) is 12.3 Å². The number of methoxy groups -OCH3 is 1. The summed E-state index contributed by atoms with van der Waals surface area (Å²) in [5, 5.41) is 3.05. The Labute approximate surface area is 149 Å².